The van der Waals surface area contributed by atoms with E-state index in [1.807, 2.05) is 13.0 Å². The van der Waals surface area contributed by atoms with Crippen molar-refractivity contribution in [3.05, 3.63) is 11.6 Å². The van der Waals surface area contributed by atoms with E-state index >= 15 is 0 Å². The summed E-state index contributed by atoms with van der Waals surface area (Å²) in [4.78, 5) is 10.5. The zero-order valence-corrected chi connectivity index (χ0v) is 8.13. The van der Waals surface area contributed by atoms with Crippen molar-refractivity contribution in [3.8, 4) is 0 Å². The van der Waals surface area contributed by atoms with Crippen LogP contribution >= 0.6 is 0 Å². The first-order valence-electron chi connectivity index (χ1n) is 4.48. The smallest absolute Gasteiger partial charge is 0.310 e. The Labute approximate surface area is 74.3 Å². The summed E-state index contributed by atoms with van der Waals surface area (Å²) in [6.45, 7) is 5.83. The number of carboxylic acid groups (broad SMARTS) is 1. The molecule has 0 rings (SSSR count). The Hall–Kier alpha value is -0.790. The molecule has 12 heavy (non-hydrogen) atoms. The van der Waals surface area contributed by atoms with Crippen molar-refractivity contribution in [3.63, 3.8) is 0 Å². The molecule has 1 N–H and O–H groups in total. The van der Waals surface area contributed by atoms with Gasteiger partial charge in [0.15, 0.2) is 0 Å². The molecular weight excluding hydrogens is 152 g/mol. The van der Waals surface area contributed by atoms with Gasteiger partial charge in [-0.05, 0) is 26.7 Å². The fourth-order valence-corrected chi connectivity index (χ4v) is 1.04. The third-order valence-electron chi connectivity index (χ3n) is 1.85. The number of aliphatic carboxylic acids is 1. The highest BCUT2D eigenvalue weighted by atomic mass is 16.4. The van der Waals surface area contributed by atoms with Crippen LogP contribution in [0.3, 0.4) is 0 Å². The Bertz CT molecular complexity index is 171. The molecule has 0 aromatic carbocycles. The molecule has 0 spiro atoms. The van der Waals surface area contributed by atoms with E-state index in [1.54, 1.807) is 6.92 Å². The highest BCUT2D eigenvalue weighted by Gasteiger charge is 2.06. The molecule has 0 amide bonds. The van der Waals surface area contributed by atoms with Gasteiger partial charge in [0.05, 0.1) is 5.92 Å². The van der Waals surface area contributed by atoms with Crippen LogP contribution in [0.15, 0.2) is 11.6 Å². The molecule has 0 heterocycles. The lowest BCUT2D eigenvalue weighted by molar-refractivity contribution is -0.139. The molecule has 0 radical (unpaired) electrons. The maximum atomic E-state index is 10.5. The maximum Gasteiger partial charge on any atom is 0.310 e. The number of carboxylic acids is 1. The predicted molar refractivity (Wildman–Crippen MR) is 50.1 cm³/mol. The van der Waals surface area contributed by atoms with Crippen molar-refractivity contribution in [2.45, 2.75) is 40.0 Å². The Morgan fingerprint density at radius 1 is 1.58 bits per heavy atom. The van der Waals surface area contributed by atoms with E-state index in [0.29, 0.717) is 0 Å². The van der Waals surface area contributed by atoms with Gasteiger partial charge in [0, 0.05) is 0 Å². The van der Waals surface area contributed by atoms with E-state index < -0.39 is 5.97 Å². The number of hydrogen-bond donors (Lipinski definition) is 1. The fourth-order valence-electron chi connectivity index (χ4n) is 1.04. The lowest BCUT2D eigenvalue weighted by Crippen LogP contribution is -2.06. The summed E-state index contributed by atoms with van der Waals surface area (Å²) in [5, 5.41) is 8.61. The molecule has 0 bridgehead atoms. The van der Waals surface area contributed by atoms with Gasteiger partial charge in [-0.1, -0.05) is 25.0 Å². The molecule has 0 aliphatic rings. The van der Waals surface area contributed by atoms with E-state index in [0.717, 1.165) is 19.3 Å². The molecule has 0 aliphatic heterocycles. The van der Waals surface area contributed by atoms with Crippen LogP contribution in [0.4, 0.5) is 0 Å². The first-order valence-corrected chi connectivity index (χ1v) is 4.48. The van der Waals surface area contributed by atoms with Crippen LogP contribution in [-0.2, 0) is 4.79 Å². The van der Waals surface area contributed by atoms with E-state index in [4.69, 9.17) is 5.11 Å². The van der Waals surface area contributed by atoms with Gasteiger partial charge in [0.25, 0.3) is 0 Å². The van der Waals surface area contributed by atoms with Crippen LogP contribution in [0.25, 0.3) is 0 Å². The number of unbranched alkanes of at least 4 members (excludes halogenated alkanes) is 1. The number of rotatable bonds is 5. The number of hydrogen-bond acceptors (Lipinski definition) is 1. The average Bonchev–Trinajstić information content (AvgIpc) is 2.00. The molecule has 2 nitrogen and oxygen atoms in total. The van der Waals surface area contributed by atoms with Crippen molar-refractivity contribution in [2.24, 2.45) is 5.92 Å². The highest BCUT2D eigenvalue weighted by molar-refractivity contribution is 5.71. The van der Waals surface area contributed by atoms with Crippen LogP contribution < -0.4 is 0 Å². The highest BCUT2D eigenvalue weighted by Crippen LogP contribution is 2.09. The van der Waals surface area contributed by atoms with Gasteiger partial charge in [-0.3, -0.25) is 4.79 Å². The molecule has 0 aliphatic carbocycles. The zero-order chi connectivity index (χ0) is 9.56. The molecule has 70 valence electrons. The molecular formula is C10H18O2. The molecule has 1 atom stereocenters. The van der Waals surface area contributed by atoms with Gasteiger partial charge in [-0.2, -0.15) is 0 Å². The summed E-state index contributed by atoms with van der Waals surface area (Å²) in [5.74, 6) is -1.09. The largest absolute Gasteiger partial charge is 0.481 e. The van der Waals surface area contributed by atoms with Crippen molar-refractivity contribution in [1.82, 2.24) is 0 Å². The van der Waals surface area contributed by atoms with Crippen LogP contribution in [0.5, 0.6) is 0 Å². The quantitative estimate of drug-likeness (QED) is 0.644. The minimum atomic E-state index is -0.745. The number of carbonyl (C=O) groups is 1. The Balaban J connectivity index is 3.89. The molecule has 0 saturated heterocycles. The zero-order valence-electron chi connectivity index (χ0n) is 8.13. The van der Waals surface area contributed by atoms with E-state index in [1.165, 1.54) is 5.57 Å². The van der Waals surface area contributed by atoms with Crippen molar-refractivity contribution in [1.29, 1.82) is 0 Å². The van der Waals surface area contributed by atoms with E-state index in [2.05, 4.69) is 6.92 Å². The van der Waals surface area contributed by atoms with Gasteiger partial charge in [0.1, 0.15) is 0 Å². The molecule has 1 unspecified atom stereocenters. The average molecular weight is 170 g/mol. The Kier molecular flexibility index (Phi) is 5.43. The standard InChI is InChI=1S/C10H18O2/c1-4-5-6-8(2)7-9(3)10(11)12/h7,9H,4-6H2,1-3H3,(H,11,12). The summed E-state index contributed by atoms with van der Waals surface area (Å²) in [6.07, 6.45) is 5.16. The number of allylic oxidation sites excluding steroid dienone is 1. The minimum absolute atomic E-state index is 0.346. The monoisotopic (exact) mass is 170 g/mol. The van der Waals surface area contributed by atoms with Crippen LogP contribution in [-0.4, -0.2) is 11.1 Å². The second kappa shape index (κ2) is 5.81. The van der Waals surface area contributed by atoms with Crippen molar-refractivity contribution >= 4 is 5.97 Å². The first-order chi connectivity index (χ1) is 5.57. The van der Waals surface area contributed by atoms with E-state index in [-0.39, 0.29) is 5.92 Å². The van der Waals surface area contributed by atoms with Crippen molar-refractivity contribution < 1.29 is 9.90 Å². The third-order valence-corrected chi connectivity index (χ3v) is 1.85. The molecule has 0 fully saturated rings. The molecule has 0 aromatic rings. The van der Waals surface area contributed by atoms with Gasteiger partial charge in [-0.25, -0.2) is 0 Å². The Morgan fingerprint density at radius 2 is 2.17 bits per heavy atom. The SMILES string of the molecule is CCCCC(C)=CC(C)C(=O)O. The lowest BCUT2D eigenvalue weighted by atomic mass is 10.0. The summed E-state index contributed by atoms with van der Waals surface area (Å²) < 4.78 is 0. The minimum Gasteiger partial charge on any atom is -0.481 e. The summed E-state index contributed by atoms with van der Waals surface area (Å²) >= 11 is 0. The predicted octanol–water partition coefficient (Wildman–Crippen LogP) is 2.84. The van der Waals surface area contributed by atoms with Gasteiger partial charge >= 0.3 is 5.97 Å². The molecule has 0 aromatic heterocycles. The third kappa shape index (κ3) is 4.94. The first kappa shape index (κ1) is 11.2. The summed E-state index contributed by atoms with van der Waals surface area (Å²) in [7, 11) is 0. The topological polar surface area (TPSA) is 37.3 Å². The van der Waals surface area contributed by atoms with Crippen LogP contribution in [0.1, 0.15) is 40.0 Å². The van der Waals surface area contributed by atoms with E-state index in [9.17, 15) is 4.79 Å². The van der Waals surface area contributed by atoms with Crippen LogP contribution in [0.2, 0.25) is 0 Å². The van der Waals surface area contributed by atoms with Crippen molar-refractivity contribution in [2.75, 3.05) is 0 Å². The second-order valence-corrected chi connectivity index (χ2v) is 3.24. The lowest BCUT2D eigenvalue weighted by Gasteiger charge is -2.02. The molecule has 0 saturated carbocycles. The van der Waals surface area contributed by atoms with Crippen LogP contribution in [0, 0.1) is 5.92 Å². The molecule has 2 heteroatoms. The maximum absolute atomic E-state index is 10.5. The second-order valence-electron chi connectivity index (χ2n) is 3.24. The normalized spacial score (nSPS) is 14.4. The summed E-state index contributed by atoms with van der Waals surface area (Å²) in [6, 6.07) is 0. The Morgan fingerprint density at radius 3 is 2.58 bits per heavy atom. The van der Waals surface area contributed by atoms with Gasteiger partial charge in [-0.15, -0.1) is 0 Å². The fraction of sp³-hybridized carbons (Fsp3) is 0.700. The van der Waals surface area contributed by atoms with Gasteiger partial charge < -0.3 is 5.11 Å². The summed E-state index contributed by atoms with van der Waals surface area (Å²) in [5.41, 5.74) is 1.19. The van der Waals surface area contributed by atoms with Gasteiger partial charge in [0.2, 0.25) is 0 Å².